The van der Waals surface area contributed by atoms with E-state index in [0.29, 0.717) is 33.8 Å². The van der Waals surface area contributed by atoms with E-state index in [-0.39, 0.29) is 0 Å². The van der Waals surface area contributed by atoms with Crippen LogP contribution in [-0.2, 0) is 9.47 Å². The van der Waals surface area contributed by atoms with Gasteiger partial charge in [0, 0.05) is 11.1 Å². The highest BCUT2D eigenvalue weighted by Gasteiger charge is 2.33. The Balaban J connectivity index is 1.30. The first-order valence-corrected chi connectivity index (χ1v) is 8.72. The summed E-state index contributed by atoms with van der Waals surface area (Å²) in [5.41, 5.74) is 2.41. The zero-order valence-electron chi connectivity index (χ0n) is 14.5. The number of esters is 2. The van der Waals surface area contributed by atoms with E-state index >= 15 is 0 Å². The Morgan fingerprint density at radius 1 is 0.571 bits per heavy atom. The highest BCUT2D eigenvalue weighted by Crippen LogP contribution is 2.35. The number of ether oxygens (including phenoxy) is 4. The van der Waals surface area contributed by atoms with Crippen molar-refractivity contribution in [2.24, 2.45) is 0 Å². The Kier molecular flexibility index (Phi) is 3.76. The second kappa shape index (κ2) is 6.42. The van der Waals surface area contributed by atoms with Crippen LogP contribution in [0.25, 0.3) is 0 Å². The Morgan fingerprint density at radius 2 is 0.964 bits per heavy atom. The maximum absolute atomic E-state index is 11.9. The highest BCUT2D eigenvalue weighted by molar-refractivity contribution is 5.94. The van der Waals surface area contributed by atoms with E-state index < -0.39 is 24.5 Å². The molecule has 0 spiro atoms. The maximum Gasteiger partial charge on any atom is 0.342 e. The quantitative estimate of drug-likeness (QED) is 0.638. The molecule has 0 N–H and O–H groups in total. The van der Waals surface area contributed by atoms with Gasteiger partial charge in [0.1, 0.15) is 11.5 Å². The average molecular weight is 374 g/mol. The molecule has 2 aliphatic rings. The summed E-state index contributed by atoms with van der Waals surface area (Å²) < 4.78 is 22.1. The third-order valence-electron chi connectivity index (χ3n) is 4.61. The minimum absolute atomic E-state index is 0.401. The summed E-state index contributed by atoms with van der Waals surface area (Å²) in [6.07, 6.45) is -1.56. The van der Waals surface area contributed by atoms with Gasteiger partial charge in [-0.25, -0.2) is 9.59 Å². The topological polar surface area (TPSA) is 71.1 Å². The maximum atomic E-state index is 11.9. The first-order valence-electron chi connectivity index (χ1n) is 8.72. The number of hydrogen-bond acceptors (Lipinski definition) is 6. The van der Waals surface area contributed by atoms with Gasteiger partial charge in [-0.05, 0) is 36.4 Å². The van der Waals surface area contributed by atoms with Crippen LogP contribution < -0.4 is 9.47 Å². The molecule has 6 nitrogen and oxygen atoms in total. The lowest BCUT2D eigenvalue weighted by Gasteiger charge is -2.16. The van der Waals surface area contributed by atoms with Crippen molar-refractivity contribution >= 4 is 11.9 Å². The minimum atomic E-state index is -0.780. The smallest absolute Gasteiger partial charge is 0.342 e. The molecule has 0 saturated heterocycles. The first kappa shape index (κ1) is 16.4. The van der Waals surface area contributed by atoms with Gasteiger partial charge >= 0.3 is 11.9 Å². The highest BCUT2D eigenvalue weighted by atomic mass is 16.7. The largest absolute Gasteiger partial charge is 0.450 e. The van der Waals surface area contributed by atoms with Gasteiger partial charge in [0.25, 0.3) is 12.6 Å². The van der Waals surface area contributed by atoms with Crippen LogP contribution in [0.2, 0.25) is 0 Å². The molecule has 0 radical (unpaired) electrons. The molecular formula is C22H14O6. The van der Waals surface area contributed by atoms with E-state index in [1.807, 2.05) is 12.1 Å². The molecule has 138 valence electrons. The van der Waals surface area contributed by atoms with Crippen LogP contribution in [-0.4, -0.2) is 11.9 Å². The van der Waals surface area contributed by atoms with Gasteiger partial charge in [-0.1, -0.05) is 36.4 Å². The predicted octanol–water partition coefficient (Wildman–Crippen LogP) is 4.18. The van der Waals surface area contributed by atoms with Gasteiger partial charge in [0.15, 0.2) is 0 Å². The SMILES string of the molecule is O=C1OC(Oc2ccc(OC3OC(=O)c4ccccc43)cc2)c2ccccc21. The number of carbonyl (C=O) groups excluding carboxylic acids is 2. The molecule has 0 aromatic heterocycles. The molecular weight excluding hydrogens is 360 g/mol. The fraction of sp³-hybridized carbons (Fsp3) is 0.0909. The summed E-state index contributed by atoms with van der Waals surface area (Å²) in [6.45, 7) is 0. The molecule has 3 aromatic carbocycles. The fourth-order valence-corrected chi connectivity index (χ4v) is 3.24. The van der Waals surface area contributed by atoms with Crippen LogP contribution in [0.4, 0.5) is 0 Å². The summed E-state index contributed by atoms with van der Waals surface area (Å²) in [5, 5.41) is 0. The zero-order chi connectivity index (χ0) is 19.1. The molecule has 2 atom stereocenters. The fourth-order valence-electron chi connectivity index (χ4n) is 3.24. The van der Waals surface area contributed by atoms with E-state index in [0.717, 1.165) is 0 Å². The summed E-state index contributed by atoms with van der Waals surface area (Å²) in [5.74, 6) is 0.237. The molecule has 2 aliphatic heterocycles. The number of carbonyl (C=O) groups is 2. The molecule has 6 heteroatoms. The number of cyclic esters (lactones) is 2. The predicted molar refractivity (Wildman–Crippen MR) is 96.9 cm³/mol. The monoisotopic (exact) mass is 374 g/mol. The van der Waals surface area contributed by atoms with E-state index in [2.05, 4.69) is 0 Å². The van der Waals surface area contributed by atoms with Crippen molar-refractivity contribution in [2.75, 3.05) is 0 Å². The van der Waals surface area contributed by atoms with E-state index in [9.17, 15) is 9.59 Å². The van der Waals surface area contributed by atoms with Crippen molar-refractivity contribution in [3.63, 3.8) is 0 Å². The van der Waals surface area contributed by atoms with Gasteiger partial charge in [0.2, 0.25) is 0 Å². The van der Waals surface area contributed by atoms with E-state index in [1.165, 1.54) is 0 Å². The van der Waals surface area contributed by atoms with Crippen LogP contribution in [0.1, 0.15) is 44.4 Å². The van der Waals surface area contributed by atoms with Gasteiger partial charge in [-0.3, -0.25) is 0 Å². The molecule has 28 heavy (non-hydrogen) atoms. The molecule has 2 heterocycles. The molecule has 0 bridgehead atoms. The van der Waals surface area contributed by atoms with Crippen molar-refractivity contribution in [1.29, 1.82) is 0 Å². The molecule has 0 aliphatic carbocycles. The average Bonchev–Trinajstić information content (AvgIpc) is 3.21. The third-order valence-corrected chi connectivity index (χ3v) is 4.61. The Labute approximate surface area is 160 Å². The molecule has 0 amide bonds. The molecule has 2 unspecified atom stereocenters. The standard InChI is InChI=1S/C22H14O6/c23-19-15-5-1-3-7-17(15)21(27-19)25-13-9-11-14(12-10-13)26-22-18-8-4-2-6-16(18)20(24)28-22/h1-12,21-22H. The first-order chi connectivity index (χ1) is 13.7. The third kappa shape index (κ3) is 2.75. The molecule has 0 fully saturated rings. The number of fused-ring (bicyclic) bond motifs is 2. The van der Waals surface area contributed by atoms with Crippen molar-refractivity contribution in [1.82, 2.24) is 0 Å². The molecule has 3 aromatic rings. The van der Waals surface area contributed by atoms with Gasteiger partial charge in [0.05, 0.1) is 11.1 Å². The lowest BCUT2D eigenvalue weighted by Crippen LogP contribution is -2.08. The summed E-state index contributed by atoms with van der Waals surface area (Å²) >= 11 is 0. The summed E-state index contributed by atoms with van der Waals surface area (Å²) in [6, 6.07) is 21.0. The van der Waals surface area contributed by atoms with Crippen LogP contribution in [0.3, 0.4) is 0 Å². The Hall–Kier alpha value is -3.80. The van der Waals surface area contributed by atoms with Crippen molar-refractivity contribution < 1.29 is 28.5 Å². The van der Waals surface area contributed by atoms with Crippen molar-refractivity contribution in [3.8, 4) is 11.5 Å². The van der Waals surface area contributed by atoms with E-state index in [4.69, 9.17) is 18.9 Å². The van der Waals surface area contributed by atoms with Gasteiger partial charge in [-0.15, -0.1) is 0 Å². The zero-order valence-corrected chi connectivity index (χ0v) is 14.5. The van der Waals surface area contributed by atoms with Crippen LogP contribution in [0, 0.1) is 0 Å². The van der Waals surface area contributed by atoms with Crippen molar-refractivity contribution in [2.45, 2.75) is 12.6 Å². The summed E-state index contributed by atoms with van der Waals surface area (Å²) in [7, 11) is 0. The number of rotatable bonds is 4. The van der Waals surface area contributed by atoms with Gasteiger partial charge < -0.3 is 18.9 Å². The normalized spacial score (nSPS) is 19.4. The molecule has 0 saturated carbocycles. The Bertz CT molecular complexity index is 986. The van der Waals surface area contributed by atoms with Crippen LogP contribution in [0.15, 0.2) is 72.8 Å². The van der Waals surface area contributed by atoms with Crippen molar-refractivity contribution in [3.05, 3.63) is 95.1 Å². The van der Waals surface area contributed by atoms with Gasteiger partial charge in [-0.2, -0.15) is 0 Å². The lowest BCUT2D eigenvalue weighted by atomic mass is 10.1. The van der Waals surface area contributed by atoms with Crippen LogP contribution in [0.5, 0.6) is 11.5 Å². The van der Waals surface area contributed by atoms with Crippen LogP contribution >= 0.6 is 0 Å². The molecule has 5 rings (SSSR count). The Morgan fingerprint density at radius 3 is 1.39 bits per heavy atom. The van der Waals surface area contributed by atoms with E-state index in [1.54, 1.807) is 60.7 Å². The number of benzene rings is 3. The second-order valence-electron chi connectivity index (χ2n) is 6.36. The minimum Gasteiger partial charge on any atom is -0.450 e. The second-order valence-corrected chi connectivity index (χ2v) is 6.36. The summed E-state index contributed by atoms with van der Waals surface area (Å²) in [4.78, 5) is 23.8. The lowest BCUT2D eigenvalue weighted by molar-refractivity contribution is -0.0407. The number of hydrogen-bond donors (Lipinski definition) is 0.